The van der Waals surface area contributed by atoms with Crippen molar-refractivity contribution in [1.29, 1.82) is 0 Å². The van der Waals surface area contributed by atoms with Crippen molar-refractivity contribution in [3.8, 4) is 0 Å². The number of hydrogen-bond acceptors (Lipinski definition) is 8. The minimum atomic E-state index is -1.30. The number of ether oxygens (including phenoxy) is 2. The van der Waals surface area contributed by atoms with Crippen molar-refractivity contribution in [2.45, 2.75) is 133 Å². The molecule has 0 aromatic carbocycles. The first-order chi connectivity index (χ1) is 30.9. The van der Waals surface area contributed by atoms with Gasteiger partial charge in [-0.3, -0.25) is 19.2 Å². The van der Waals surface area contributed by atoms with Crippen LogP contribution in [0.25, 0.3) is 44.4 Å². The summed E-state index contributed by atoms with van der Waals surface area (Å²) in [5.74, 6) is -2.95. The van der Waals surface area contributed by atoms with E-state index in [9.17, 15) is 19.2 Å². The fraction of sp³-hybridized carbons (Fsp3) is 0.400. The van der Waals surface area contributed by atoms with Gasteiger partial charge in [0.25, 0.3) is 0 Å². The van der Waals surface area contributed by atoms with Crippen LogP contribution < -0.4 is 9.97 Å². The molecule has 10 nitrogen and oxygen atoms in total. The monoisotopic (exact) mass is 899 g/mol. The minimum absolute atomic E-state index is 0. The zero-order valence-corrected chi connectivity index (χ0v) is 42.3. The summed E-state index contributed by atoms with van der Waals surface area (Å²) in [4.78, 5) is 74.5. The number of aromatic nitrogens is 4. The van der Waals surface area contributed by atoms with Crippen molar-refractivity contribution in [3.05, 3.63) is 122 Å². The Labute approximate surface area is 406 Å². The molecular formula is C55H63MgN4O6-. The second-order valence-electron chi connectivity index (χ2n) is 17.8. The van der Waals surface area contributed by atoms with Gasteiger partial charge in [0, 0.05) is 17.5 Å². The number of ketones is 2. The van der Waals surface area contributed by atoms with Gasteiger partial charge in [-0.15, -0.1) is 22.1 Å². The molecule has 1 aliphatic carbocycles. The molecule has 0 unspecified atom stereocenters. The molecule has 3 aromatic heterocycles. The molecule has 1 atom stereocenters. The SMILES string of the molecule is C=C([CH-]CC/C(C)=C/CC/C(C)=C\COC(=O)CCC1=C(C)c2cc3[n-]c(cc4nc(cc5[n-]c6c(c5C)C(=O)[C@@H](C(=O)OC)c6c1n2)C(CC)=C4C)c(C(C)=O)c3C)CCC=C(C)C.[Mg+2]. The molecule has 0 radical (unpaired) electrons. The Balaban J connectivity index is 0.00000817. The molecule has 342 valence electrons. The van der Waals surface area contributed by atoms with Crippen LogP contribution in [-0.4, -0.2) is 70.2 Å². The predicted molar refractivity (Wildman–Crippen MR) is 267 cm³/mol. The standard InChI is InChI=1S/C55H64N4O6.Mg/c1-13-39-34(7)41-29-46-48(38(11)60)36(9)43(57-46)27-42-35(8)40(52(58-42)50-51(55(63)64-12)54(62)49-37(10)44(59-53(49)50)28-45(39)56-41)23-24-47(61)65-26-25-33(6)22-16-21-32(5)20-15-19-31(4)18-14-17-30(2)3;/h17,19,21,25,27-29,51H,4,13-16,18,20,22-24,26H2,1-3,5-12H3,(H-,56,57,58,59,60,62);/q-2;+2/p-1/b32-21+,33-25-,41-29?,42-27?,43-27?,44-28?,45-28?,46-29?,52-50?;/t51-;/m0./s1. The van der Waals surface area contributed by atoms with E-state index in [1.165, 1.54) is 30.8 Å². The summed E-state index contributed by atoms with van der Waals surface area (Å²) < 4.78 is 10.9. The van der Waals surface area contributed by atoms with Crippen LogP contribution in [0, 0.1) is 20.3 Å². The summed E-state index contributed by atoms with van der Waals surface area (Å²) in [5, 5.41) is 0. The summed E-state index contributed by atoms with van der Waals surface area (Å²) in [6.07, 6.45) is 15.4. The normalized spacial score (nSPS) is 14.7. The number of fused-ring (bicyclic) bond motifs is 8. The molecule has 0 saturated carbocycles. The number of rotatable bonds is 18. The van der Waals surface area contributed by atoms with Gasteiger partial charge < -0.3 is 19.4 Å². The van der Waals surface area contributed by atoms with E-state index in [0.29, 0.717) is 84.7 Å². The van der Waals surface area contributed by atoms with Crippen LogP contribution >= 0.6 is 0 Å². The van der Waals surface area contributed by atoms with Crippen molar-refractivity contribution < 1.29 is 28.7 Å². The first-order valence-electron chi connectivity index (χ1n) is 22.8. The maximum Gasteiger partial charge on any atom is 2.00 e. The summed E-state index contributed by atoms with van der Waals surface area (Å²) in [6.45, 7) is 24.0. The molecule has 0 N–H and O–H groups in total. The molecule has 0 saturated heterocycles. The molecule has 11 heteroatoms. The van der Waals surface area contributed by atoms with Crippen LogP contribution in [0.5, 0.6) is 0 Å². The Bertz CT molecular complexity index is 2800. The Morgan fingerprint density at radius 1 is 0.788 bits per heavy atom. The van der Waals surface area contributed by atoms with Gasteiger partial charge in [-0.2, -0.15) is 0 Å². The van der Waals surface area contributed by atoms with Gasteiger partial charge in [-0.25, -0.2) is 28.5 Å². The Morgan fingerprint density at radius 2 is 1.42 bits per heavy atom. The Morgan fingerprint density at radius 3 is 2.11 bits per heavy atom. The van der Waals surface area contributed by atoms with Crippen LogP contribution in [0.4, 0.5) is 0 Å². The van der Waals surface area contributed by atoms with Crippen molar-refractivity contribution >= 4 is 90.9 Å². The van der Waals surface area contributed by atoms with Crippen LogP contribution in [0.1, 0.15) is 179 Å². The fourth-order valence-corrected chi connectivity index (χ4v) is 8.96. The maximum atomic E-state index is 14.3. The summed E-state index contributed by atoms with van der Waals surface area (Å²) in [5.41, 5.74) is 15.2. The third-order valence-corrected chi connectivity index (χ3v) is 12.8. The number of hydrogen-bond donors (Lipinski definition) is 0. The second kappa shape index (κ2) is 22.3. The van der Waals surface area contributed by atoms with Crippen LogP contribution in [-0.2, 0) is 19.1 Å². The summed E-state index contributed by atoms with van der Waals surface area (Å²) >= 11 is 0. The largest absolute Gasteiger partial charge is 2.00 e. The average molecular weight is 900 g/mol. The van der Waals surface area contributed by atoms with Crippen molar-refractivity contribution in [3.63, 3.8) is 0 Å². The predicted octanol–water partition coefficient (Wildman–Crippen LogP) is 12.0. The van der Waals surface area contributed by atoms with Crippen LogP contribution in [0.2, 0.25) is 0 Å². The molecule has 0 amide bonds. The van der Waals surface area contributed by atoms with Gasteiger partial charge >= 0.3 is 35.0 Å². The summed E-state index contributed by atoms with van der Waals surface area (Å²) in [6, 6.07) is 5.56. The zero-order chi connectivity index (χ0) is 47.3. The number of carbonyl (C=O) groups excluding carboxylic acids is 4. The van der Waals surface area contributed by atoms with Crippen molar-refractivity contribution in [2.75, 3.05) is 13.7 Å². The van der Waals surface area contributed by atoms with Gasteiger partial charge in [0.05, 0.1) is 29.9 Å². The second-order valence-corrected chi connectivity index (χ2v) is 17.8. The molecule has 0 spiro atoms. The van der Waals surface area contributed by atoms with Gasteiger partial charge in [-0.1, -0.05) is 78.0 Å². The molecular weight excluding hydrogens is 837 g/mol. The molecule has 3 aliphatic rings. The molecule has 66 heavy (non-hydrogen) atoms. The third kappa shape index (κ3) is 11.2. The number of Topliss-reactive ketones (excluding diaryl/α,β-unsaturated/α-hetero) is 2. The van der Waals surface area contributed by atoms with E-state index in [4.69, 9.17) is 29.4 Å². The molecule has 0 fully saturated rings. The quantitative estimate of drug-likeness (QED) is 0.0302. The molecule has 6 rings (SSSR count). The molecule has 8 bridgehead atoms. The van der Waals surface area contributed by atoms with E-state index < -0.39 is 17.7 Å². The van der Waals surface area contributed by atoms with Gasteiger partial charge in [-0.05, 0) is 135 Å². The molecule has 3 aromatic rings. The zero-order valence-electron chi connectivity index (χ0n) is 40.8. The topological polar surface area (TPSA) is 141 Å². The van der Waals surface area contributed by atoms with E-state index >= 15 is 0 Å². The Hall–Kier alpha value is -5.52. The minimum Gasteiger partial charge on any atom is -0.657 e. The summed E-state index contributed by atoms with van der Waals surface area (Å²) in [7, 11) is 1.26. The van der Waals surface area contributed by atoms with E-state index in [1.807, 2.05) is 58.9 Å². The number of allylic oxidation sites excluding steroid dienone is 10. The van der Waals surface area contributed by atoms with Gasteiger partial charge in [0.2, 0.25) is 0 Å². The number of esters is 2. The number of aryl methyl sites for hydroxylation is 2. The third-order valence-electron chi connectivity index (χ3n) is 12.8. The smallest absolute Gasteiger partial charge is 0.657 e. The van der Waals surface area contributed by atoms with E-state index in [0.717, 1.165) is 60.8 Å². The average Bonchev–Trinajstić information content (AvgIpc) is 4.00. The number of nitrogens with zero attached hydrogens (tertiary/aromatic N) is 4. The van der Waals surface area contributed by atoms with E-state index in [1.54, 1.807) is 0 Å². The van der Waals surface area contributed by atoms with Crippen LogP contribution in [0.3, 0.4) is 0 Å². The first kappa shape index (κ1) is 51.5. The van der Waals surface area contributed by atoms with Crippen molar-refractivity contribution in [1.82, 2.24) is 19.9 Å². The van der Waals surface area contributed by atoms with Gasteiger partial charge in [0.1, 0.15) is 12.5 Å². The molecule has 5 heterocycles. The van der Waals surface area contributed by atoms with Crippen LogP contribution in [0.15, 0.2) is 65.3 Å². The van der Waals surface area contributed by atoms with Crippen molar-refractivity contribution in [2.24, 2.45) is 0 Å². The first-order valence-corrected chi connectivity index (χ1v) is 22.8. The van der Waals surface area contributed by atoms with Gasteiger partial charge in [0.15, 0.2) is 11.6 Å². The fourth-order valence-electron chi connectivity index (χ4n) is 8.96. The number of carbonyl (C=O) groups is 4. The Kier molecular flexibility index (Phi) is 17.4. The number of methoxy groups -OCH3 is 1. The van der Waals surface area contributed by atoms with E-state index in [-0.39, 0.29) is 54.3 Å². The maximum absolute atomic E-state index is 14.3. The van der Waals surface area contributed by atoms with E-state index in [2.05, 4.69) is 52.8 Å². The molecule has 2 aliphatic heterocycles.